The lowest BCUT2D eigenvalue weighted by molar-refractivity contribution is -0.118. The van der Waals surface area contributed by atoms with Crippen LogP contribution in [0.15, 0.2) is 24.3 Å². The highest BCUT2D eigenvalue weighted by atomic mass is 35.5. The molecule has 0 heterocycles. The summed E-state index contributed by atoms with van der Waals surface area (Å²) in [4.78, 5) is 23.5. The minimum absolute atomic E-state index is 0.0293. The second kappa shape index (κ2) is 8.88. The van der Waals surface area contributed by atoms with Gasteiger partial charge < -0.3 is 25.4 Å². The first kappa shape index (κ1) is 19.4. The van der Waals surface area contributed by atoms with Gasteiger partial charge in [0, 0.05) is 10.7 Å². The molecule has 0 radical (unpaired) electrons. The van der Waals surface area contributed by atoms with Crippen LogP contribution in [0.3, 0.4) is 0 Å². The zero-order valence-corrected chi connectivity index (χ0v) is 14.4. The van der Waals surface area contributed by atoms with Crippen LogP contribution in [-0.2, 0) is 18.4 Å². The van der Waals surface area contributed by atoms with Crippen molar-refractivity contribution in [2.24, 2.45) is 5.73 Å². The van der Waals surface area contributed by atoms with Crippen LogP contribution in [0.1, 0.15) is 13.8 Å². The molecule has 0 aliphatic carbocycles. The number of anilines is 1. The van der Waals surface area contributed by atoms with Crippen molar-refractivity contribution in [3.05, 3.63) is 29.3 Å². The SMILES string of the molecule is CCOP(=O)(OCC)[C@H](NC(=O)Nc1ccc(Cl)cc1)C(N)=O. The van der Waals surface area contributed by atoms with Gasteiger partial charge in [-0.25, -0.2) is 4.79 Å². The Kier molecular flexibility index (Phi) is 7.51. The van der Waals surface area contributed by atoms with E-state index in [4.69, 9.17) is 26.4 Å². The summed E-state index contributed by atoms with van der Waals surface area (Å²) in [5.41, 5.74) is 5.64. The zero-order valence-electron chi connectivity index (χ0n) is 12.7. The topological polar surface area (TPSA) is 120 Å². The van der Waals surface area contributed by atoms with Gasteiger partial charge in [-0.05, 0) is 38.1 Å². The van der Waals surface area contributed by atoms with E-state index in [1.165, 1.54) is 0 Å². The van der Waals surface area contributed by atoms with Crippen molar-refractivity contribution < 1.29 is 23.2 Å². The van der Waals surface area contributed by atoms with Gasteiger partial charge >= 0.3 is 13.6 Å². The second-order valence-corrected chi connectivity index (χ2v) is 6.83. The molecular weight excluding hydrogens is 345 g/mol. The lowest BCUT2D eigenvalue weighted by atomic mass is 10.3. The van der Waals surface area contributed by atoms with Crippen molar-refractivity contribution in [1.82, 2.24) is 5.32 Å². The second-order valence-electron chi connectivity index (χ2n) is 4.29. The van der Waals surface area contributed by atoms with Gasteiger partial charge in [0.15, 0.2) is 0 Å². The van der Waals surface area contributed by atoms with Crippen molar-refractivity contribution in [2.45, 2.75) is 19.6 Å². The lowest BCUT2D eigenvalue weighted by Gasteiger charge is -2.24. The van der Waals surface area contributed by atoms with Crippen molar-refractivity contribution in [1.29, 1.82) is 0 Å². The van der Waals surface area contributed by atoms with Gasteiger partial charge in [-0.2, -0.15) is 0 Å². The Hall–Kier alpha value is -1.60. The summed E-state index contributed by atoms with van der Waals surface area (Å²) in [6.07, 6.45) is 0. The maximum atomic E-state index is 12.6. The number of hydrogen-bond donors (Lipinski definition) is 3. The van der Waals surface area contributed by atoms with Gasteiger partial charge in [0.1, 0.15) is 0 Å². The van der Waals surface area contributed by atoms with E-state index >= 15 is 0 Å². The van der Waals surface area contributed by atoms with Crippen LogP contribution in [0.4, 0.5) is 10.5 Å². The number of benzene rings is 1. The third-order valence-electron chi connectivity index (χ3n) is 2.57. The quantitative estimate of drug-likeness (QED) is 0.613. The zero-order chi connectivity index (χ0) is 17.5. The number of rotatable bonds is 8. The molecule has 0 saturated heterocycles. The molecule has 10 heteroatoms. The van der Waals surface area contributed by atoms with Crippen LogP contribution in [0.25, 0.3) is 0 Å². The minimum atomic E-state index is -3.92. The summed E-state index contributed by atoms with van der Waals surface area (Å²) in [6, 6.07) is 5.50. The molecule has 23 heavy (non-hydrogen) atoms. The van der Waals surface area contributed by atoms with Crippen LogP contribution in [0, 0.1) is 0 Å². The van der Waals surface area contributed by atoms with E-state index in [-0.39, 0.29) is 13.2 Å². The molecule has 0 aromatic heterocycles. The highest BCUT2D eigenvalue weighted by molar-refractivity contribution is 7.55. The van der Waals surface area contributed by atoms with E-state index in [1.54, 1.807) is 38.1 Å². The normalized spacial score (nSPS) is 12.5. The van der Waals surface area contributed by atoms with Gasteiger partial charge in [0.25, 0.3) is 5.91 Å². The van der Waals surface area contributed by atoms with E-state index in [9.17, 15) is 14.2 Å². The van der Waals surface area contributed by atoms with E-state index in [0.717, 1.165) is 0 Å². The highest BCUT2D eigenvalue weighted by Crippen LogP contribution is 2.51. The van der Waals surface area contributed by atoms with Crippen LogP contribution in [0.5, 0.6) is 0 Å². The molecule has 1 aromatic carbocycles. The number of carbonyl (C=O) groups is 2. The van der Waals surface area contributed by atoms with Crippen molar-refractivity contribution in [3.8, 4) is 0 Å². The standard InChI is InChI=1S/C13H19ClN3O5P/c1-3-21-23(20,22-4-2)12(11(15)18)17-13(19)16-10-7-5-9(14)6-8-10/h5-8,12H,3-4H2,1-2H3,(H2,15,18)(H2,16,17,19)/t12-/m0/s1. The number of carbonyl (C=O) groups excluding carboxylic acids is 2. The number of nitrogens with two attached hydrogens (primary N) is 1. The Labute approximate surface area is 139 Å². The van der Waals surface area contributed by atoms with E-state index in [2.05, 4.69) is 10.6 Å². The summed E-state index contributed by atoms with van der Waals surface area (Å²) in [7, 11) is -3.92. The number of amides is 3. The Balaban J connectivity index is 2.85. The molecule has 0 unspecified atom stereocenters. The summed E-state index contributed by atoms with van der Waals surface area (Å²) >= 11 is 5.74. The number of primary amides is 1. The molecule has 1 aromatic rings. The maximum Gasteiger partial charge on any atom is 0.362 e. The van der Waals surface area contributed by atoms with Gasteiger partial charge in [0.2, 0.25) is 5.78 Å². The lowest BCUT2D eigenvalue weighted by Crippen LogP contribution is -2.46. The fourth-order valence-electron chi connectivity index (χ4n) is 1.68. The predicted octanol–water partition coefficient (Wildman–Crippen LogP) is 2.54. The van der Waals surface area contributed by atoms with Crippen LogP contribution in [0.2, 0.25) is 5.02 Å². The summed E-state index contributed by atoms with van der Waals surface area (Å²) < 4.78 is 22.6. The fourth-order valence-corrected chi connectivity index (χ4v) is 3.48. The Morgan fingerprint density at radius 1 is 1.22 bits per heavy atom. The summed E-state index contributed by atoms with van der Waals surface area (Å²) in [6.45, 7) is 3.22. The smallest absolute Gasteiger partial charge is 0.362 e. The van der Waals surface area contributed by atoms with E-state index < -0.39 is 25.3 Å². The molecule has 0 bridgehead atoms. The van der Waals surface area contributed by atoms with Crippen LogP contribution in [-0.4, -0.2) is 30.9 Å². The molecule has 0 aliphatic rings. The number of hydrogen-bond acceptors (Lipinski definition) is 5. The molecule has 0 spiro atoms. The molecule has 1 rings (SSSR count). The van der Waals surface area contributed by atoms with Crippen molar-refractivity contribution in [3.63, 3.8) is 0 Å². The first-order valence-corrected chi connectivity index (χ1v) is 8.82. The Morgan fingerprint density at radius 3 is 2.17 bits per heavy atom. The molecule has 0 saturated carbocycles. The average Bonchev–Trinajstić information content (AvgIpc) is 2.47. The number of urea groups is 1. The maximum absolute atomic E-state index is 12.6. The first-order chi connectivity index (χ1) is 10.8. The largest absolute Gasteiger partial charge is 0.367 e. The summed E-state index contributed by atoms with van der Waals surface area (Å²) in [5, 5.41) is 5.18. The molecule has 128 valence electrons. The first-order valence-electron chi connectivity index (χ1n) is 6.83. The third kappa shape index (κ3) is 5.84. The van der Waals surface area contributed by atoms with E-state index in [0.29, 0.717) is 10.7 Å². The fraction of sp³-hybridized carbons (Fsp3) is 0.385. The Morgan fingerprint density at radius 2 is 1.74 bits per heavy atom. The van der Waals surface area contributed by atoms with Crippen LogP contribution < -0.4 is 16.4 Å². The molecule has 4 N–H and O–H groups in total. The van der Waals surface area contributed by atoms with Crippen molar-refractivity contribution in [2.75, 3.05) is 18.5 Å². The predicted molar refractivity (Wildman–Crippen MR) is 87.4 cm³/mol. The minimum Gasteiger partial charge on any atom is -0.367 e. The molecular formula is C13H19ClN3O5P. The van der Waals surface area contributed by atoms with Gasteiger partial charge in [-0.1, -0.05) is 11.6 Å². The molecule has 8 nitrogen and oxygen atoms in total. The van der Waals surface area contributed by atoms with Gasteiger partial charge in [-0.15, -0.1) is 0 Å². The van der Waals surface area contributed by atoms with E-state index in [1.807, 2.05) is 0 Å². The van der Waals surface area contributed by atoms with Crippen LogP contribution >= 0.6 is 19.2 Å². The molecule has 0 aliphatic heterocycles. The Bertz CT molecular complexity index is 586. The summed E-state index contributed by atoms with van der Waals surface area (Å²) in [5.74, 6) is -2.63. The number of nitrogens with one attached hydrogen (secondary N) is 2. The average molecular weight is 364 g/mol. The monoisotopic (exact) mass is 363 g/mol. The molecule has 3 amide bonds. The van der Waals surface area contributed by atoms with Gasteiger partial charge in [-0.3, -0.25) is 9.36 Å². The molecule has 1 atom stereocenters. The molecule has 0 fully saturated rings. The highest BCUT2D eigenvalue weighted by Gasteiger charge is 2.41. The third-order valence-corrected chi connectivity index (χ3v) is 5.08. The number of halogens is 1. The van der Waals surface area contributed by atoms with Gasteiger partial charge in [0.05, 0.1) is 13.2 Å². The van der Waals surface area contributed by atoms with Crippen molar-refractivity contribution >= 4 is 36.8 Å².